The lowest BCUT2D eigenvalue weighted by Gasteiger charge is -2.09. The Bertz CT molecular complexity index is 642. The Morgan fingerprint density at radius 1 is 1.20 bits per heavy atom. The van der Waals surface area contributed by atoms with Gasteiger partial charge in [0.25, 0.3) is 10.0 Å². The monoisotopic (exact) mass is 293 g/mol. The van der Waals surface area contributed by atoms with Gasteiger partial charge in [-0.2, -0.15) is 0 Å². The lowest BCUT2D eigenvalue weighted by Crippen LogP contribution is -2.13. The standard InChI is InChI=1S/C13H15N3O3S/c14-7-9-19-12-5-3-11(4-6-12)16-20(17,18)13-2-1-8-15-10-13/h1-6,8,10,16H,7,9,14H2. The number of hydrogen-bond donors (Lipinski definition) is 2. The molecule has 0 radical (unpaired) electrons. The second-order valence-electron chi connectivity index (χ2n) is 3.96. The van der Waals surface area contributed by atoms with Crippen LogP contribution in [0.5, 0.6) is 5.75 Å². The number of rotatable bonds is 6. The number of nitrogens with two attached hydrogens (primary N) is 1. The van der Waals surface area contributed by atoms with E-state index in [2.05, 4.69) is 9.71 Å². The molecular weight excluding hydrogens is 278 g/mol. The Hall–Kier alpha value is -2.12. The number of anilines is 1. The summed E-state index contributed by atoms with van der Waals surface area (Å²) in [5, 5.41) is 0. The largest absolute Gasteiger partial charge is 0.492 e. The predicted octanol–water partition coefficient (Wildman–Crippen LogP) is 1.22. The van der Waals surface area contributed by atoms with Crippen molar-refractivity contribution in [3.05, 3.63) is 48.8 Å². The summed E-state index contributed by atoms with van der Waals surface area (Å²) >= 11 is 0. The highest BCUT2D eigenvalue weighted by molar-refractivity contribution is 7.92. The third-order valence-electron chi connectivity index (χ3n) is 2.44. The smallest absolute Gasteiger partial charge is 0.263 e. The average molecular weight is 293 g/mol. The zero-order chi connectivity index (χ0) is 14.4. The van der Waals surface area contributed by atoms with Crippen LogP contribution in [0.15, 0.2) is 53.7 Å². The molecule has 7 heteroatoms. The van der Waals surface area contributed by atoms with Crippen LogP contribution < -0.4 is 15.2 Å². The quantitative estimate of drug-likeness (QED) is 0.835. The van der Waals surface area contributed by atoms with E-state index in [-0.39, 0.29) is 4.90 Å². The van der Waals surface area contributed by atoms with Gasteiger partial charge in [0.2, 0.25) is 0 Å². The van der Waals surface area contributed by atoms with E-state index in [4.69, 9.17) is 10.5 Å². The van der Waals surface area contributed by atoms with Crippen molar-refractivity contribution in [2.45, 2.75) is 4.90 Å². The highest BCUT2D eigenvalue weighted by Crippen LogP contribution is 2.18. The molecule has 0 aliphatic heterocycles. The Kier molecular flexibility index (Phi) is 4.54. The second kappa shape index (κ2) is 6.36. The van der Waals surface area contributed by atoms with E-state index in [9.17, 15) is 8.42 Å². The molecule has 0 atom stereocenters. The first-order valence-corrected chi connectivity index (χ1v) is 7.46. The topological polar surface area (TPSA) is 94.3 Å². The zero-order valence-electron chi connectivity index (χ0n) is 10.7. The molecule has 0 saturated heterocycles. The Labute approximate surface area is 117 Å². The van der Waals surface area contributed by atoms with Crippen molar-refractivity contribution in [1.82, 2.24) is 4.98 Å². The van der Waals surface area contributed by atoms with Crippen molar-refractivity contribution in [3.63, 3.8) is 0 Å². The molecule has 0 aliphatic rings. The van der Waals surface area contributed by atoms with Crippen LogP contribution in [0, 0.1) is 0 Å². The molecule has 0 unspecified atom stereocenters. The first-order chi connectivity index (χ1) is 9.62. The molecule has 0 bridgehead atoms. The van der Waals surface area contributed by atoms with Crippen molar-refractivity contribution in [2.75, 3.05) is 17.9 Å². The van der Waals surface area contributed by atoms with Crippen LogP contribution in [-0.2, 0) is 10.0 Å². The molecule has 20 heavy (non-hydrogen) atoms. The number of nitrogens with zero attached hydrogens (tertiary/aromatic N) is 1. The molecule has 3 N–H and O–H groups in total. The number of hydrogen-bond acceptors (Lipinski definition) is 5. The third-order valence-corrected chi connectivity index (χ3v) is 3.80. The number of pyridine rings is 1. The van der Waals surface area contributed by atoms with Crippen molar-refractivity contribution in [1.29, 1.82) is 0 Å². The van der Waals surface area contributed by atoms with Gasteiger partial charge < -0.3 is 10.5 Å². The van der Waals surface area contributed by atoms with Crippen LogP contribution in [0.4, 0.5) is 5.69 Å². The van der Waals surface area contributed by atoms with E-state index in [0.29, 0.717) is 24.6 Å². The van der Waals surface area contributed by atoms with Crippen molar-refractivity contribution in [2.24, 2.45) is 5.73 Å². The third kappa shape index (κ3) is 3.69. The predicted molar refractivity (Wildman–Crippen MR) is 76.0 cm³/mol. The molecule has 106 valence electrons. The second-order valence-corrected chi connectivity index (χ2v) is 5.64. The van der Waals surface area contributed by atoms with E-state index >= 15 is 0 Å². The zero-order valence-corrected chi connectivity index (χ0v) is 11.5. The Balaban J connectivity index is 2.10. The number of benzene rings is 1. The summed E-state index contributed by atoms with van der Waals surface area (Å²) in [6, 6.07) is 9.65. The molecule has 2 aromatic rings. The van der Waals surface area contributed by atoms with Crippen LogP contribution in [0.3, 0.4) is 0 Å². The highest BCUT2D eigenvalue weighted by atomic mass is 32.2. The summed E-state index contributed by atoms with van der Waals surface area (Å²) in [5.41, 5.74) is 5.78. The number of ether oxygens (including phenoxy) is 1. The van der Waals surface area contributed by atoms with Crippen LogP contribution in [0.1, 0.15) is 0 Å². The molecule has 1 aromatic heterocycles. The Morgan fingerprint density at radius 3 is 2.55 bits per heavy atom. The van der Waals surface area contributed by atoms with E-state index in [0.717, 1.165) is 0 Å². The molecule has 0 spiro atoms. The first-order valence-electron chi connectivity index (χ1n) is 5.97. The minimum Gasteiger partial charge on any atom is -0.492 e. The normalized spacial score (nSPS) is 11.1. The SMILES string of the molecule is NCCOc1ccc(NS(=O)(=O)c2cccnc2)cc1. The molecule has 0 amide bonds. The fourth-order valence-corrected chi connectivity index (χ4v) is 2.54. The number of sulfonamides is 1. The van der Waals surface area contributed by atoms with E-state index in [1.54, 1.807) is 30.3 Å². The molecule has 1 heterocycles. The number of aromatic nitrogens is 1. The van der Waals surface area contributed by atoms with Gasteiger partial charge in [0.1, 0.15) is 17.3 Å². The summed E-state index contributed by atoms with van der Waals surface area (Å²) in [5.74, 6) is 0.639. The van der Waals surface area contributed by atoms with Gasteiger partial charge in [-0.25, -0.2) is 8.42 Å². The lowest BCUT2D eigenvalue weighted by atomic mass is 10.3. The maximum atomic E-state index is 12.1. The summed E-state index contributed by atoms with van der Waals surface area (Å²) in [4.78, 5) is 3.90. The molecule has 0 fully saturated rings. The van der Waals surface area contributed by atoms with Gasteiger partial charge in [-0.1, -0.05) is 0 Å². The lowest BCUT2D eigenvalue weighted by molar-refractivity contribution is 0.328. The van der Waals surface area contributed by atoms with Gasteiger partial charge in [-0.15, -0.1) is 0 Å². The van der Waals surface area contributed by atoms with Crippen LogP contribution >= 0.6 is 0 Å². The minimum absolute atomic E-state index is 0.114. The summed E-state index contributed by atoms with van der Waals surface area (Å²) in [6.07, 6.45) is 2.81. The van der Waals surface area contributed by atoms with E-state index in [1.807, 2.05) is 0 Å². The van der Waals surface area contributed by atoms with Crippen molar-refractivity contribution < 1.29 is 13.2 Å². The fraction of sp³-hybridized carbons (Fsp3) is 0.154. The number of nitrogens with one attached hydrogen (secondary N) is 1. The molecule has 2 rings (SSSR count). The van der Waals surface area contributed by atoms with Crippen molar-refractivity contribution >= 4 is 15.7 Å². The maximum absolute atomic E-state index is 12.1. The maximum Gasteiger partial charge on any atom is 0.263 e. The first kappa shape index (κ1) is 14.3. The van der Waals surface area contributed by atoms with Gasteiger partial charge >= 0.3 is 0 Å². The molecule has 0 saturated carbocycles. The minimum atomic E-state index is -3.62. The van der Waals surface area contributed by atoms with Crippen LogP contribution in [0.2, 0.25) is 0 Å². The van der Waals surface area contributed by atoms with Gasteiger partial charge in [0.05, 0.1) is 0 Å². The highest BCUT2D eigenvalue weighted by Gasteiger charge is 2.13. The van der Waals surface area contributed by atoms with Crippen molar-refractivity contribution in [3.8, 4) is 5.75 Å². The van der Waals surface area contributed by atoms with Crippen LogP contribution in [-0.4, -0.2) is 26.6 Å². The average Bonchev–Trinajstić information content (AvgIpc) is 2.47. The fourth-order valence-electron chi connectivity index (χ4n) is 1.52. The molecule has 6 nitrogen and oxygen atoms in total. The van der Waals surface area contributed by atoms with Gasteiger partial charge in [0, 0.05) is 24.6 Å². The van der Waals surface area contributed by atoms with E-state index < -0.39 is 10.0 Å². The summed E-state index contributed by atoms with van der Waals surface area (Å²) < 4.78 is 31.9. The Morgan fingerprint density at radius 2 is 1.95 bits per heavy atom. The molecule has 1 aromatic carbocycles. The van der Waals surface area contributed by atoms with Gasteiger partial charge in [-0.3, -0.25) is 9.71 Å². The van der Waals surface area contributed by atoms with E-state index in [1.165, 1.54) is 18.5 Å². The van der Waals surface area contributed by atoms with Gasteiger partial charge in [0.15, 0.2) is 0 Å². The summed E-state index contributed by atoms with van der Waals surface area (Å²) in [7, 11) is -3.62. The van der Waals surface area contributed by atoms with Crippen LogP contribution in [0.25, 0.3) is 0 Å². The van der Waals surface area contributed by atoms with Gasteiger partial charge in [-0.05, 0) is 36.4 Å². The molecule has 0 aliphatic carbocycles. The molecular formula is C13H15N3O3S. The summed E-state index contributed by atoms with van der Waals surface area (Å²) in [6.45, 7) is 0.843.